The van der Waals surface area contributed by atoms with Crippen molar-refractivity contribution in [3.05, 3.63) is 71.6 Å². The summed E-state index contributed by atoms with van der Waals surface area (Å²) < 4.78 is 13.2. The van der Waals surface area contributed by atoms with E-state index in [1.807, 2.05) is 31.2 Å². The van der Waals surface area contributed by atoms with Crippen molar-refractivity contribution < 1.29 is 9.18 Å². The second kappa shape index (κ2) is 7.45. The number of nitrogens with zero attached hydrogens (tertiary/aromatic N) is 2. The molecule has 0 radical (unpaired) electrons. The van der Waals surface area contributed by atoms with Crippen molar-refractivity contribution in [1.82, 2.24) is 4.90 Å². The van der Waals surface area contributed by atoms with Gasteiger partial charge in [0, 0.05) is 18.4 Å². The molecule has 0 spiro atoms. The predicted molar refractivity (Wildman–Crippen MR) is 97.9 cm³/mol. The van der Waals surface area contributed by atoms with Gasteiger partial charge in [0.05, 0.1) is 5.69 Å². The van der Waals surface area contributed by atoms with E-state index >= 15 is 0 Å². The van der Waals surface area contributed by atoms with Crippen LogP contribution in [0, 0.1) is 12.7 Å². The number of carbonyl (C=O) groups is 1. The van der Waals surface area contributed by atoms with Crippen molar-refractivity contribution in [2.75, 3.05) is 12.3 Å². The monoisotopic (exact) mass is 340 g/mol. The molecule has 2 aromatic carbocycles. The first kappa shape index (κ1) is 16.5. The number of carbonyl (C=O) groups excluding carboxylic acids is 1. The normalized spacial score (nSPS) is 16.2. The van der Waals surface area contributed by atoms with Crippen LogP contribution in [0.25, 0.3) is 6.08 Å². The average Bonchev–Trinajstić information content (AvgIpc) is 3.03. The van der Waals surface area contributed by atoms with Crippen LogP contribution >= 0.6 is 11.8 Å². The third kappa shape index (κ3) is 3.92. The molecule has 24 heavy (non-hydrogen) atoms. The molecule has 3 nitrogen and oxygen atoms in total. The molecule has 0 saturated carbocycles. The topological polar surface area (TPSA) is 32.7 Å². The van der Waals surface area contributed by atoms with Gasteiger partial charge in [0.1, 0.15) is 5.82 Å². The fourth-order valence-electron chi connectivity index (χ4n) is 2.36. The summed E-state index contributed by atoms with van der Waals surface area (Å²) in [6.07, 6.45) is 3.09. The number of para-hydroxylation sites is 1. The lowest BCUT2D eigenvalue weighted by molar-refractivity contribution is -0.121. The van der Waals surface area contributed by atoms with Gasteiger partial charge in [-0.1, -0.05) is 42.1 Å². The minimum absolute atomic E-state index is 0.142. The Balaban J connectivity index is 1.78. The van der Waals surface area contributed by atoms with Crippen molar-refractivity contribution in [3.63, 3.8) is 0 Å². The highest BCUT2D eigenvalue weighted by molar-refractivity contribution is 8.14. The Morgan fingerprint density at radius 1 is 1.25 bits per heavy atom. The van der Waals surface area contributed by atoms with Gasteiger partial charge in [0.2, 0.25) is 0 Å². The van der Waals surface area contributed by atoms with Gasteiger partial charge in [-0.3, -0.25) is 9.69 Å². The van der Waals surface area contributed by atoms with Gasteiger partial charge in [0.25, 0.3) is 5.91 Å². The number of rotatable bonds is 3. The van der Waals surface area contributed by atoms with Gasteiger partial charge in [-0.15, -0.1) is 0 Å². The summed E-state index contributed by atoms with van der Waals surface area (Å²) in [5.41, 5.74) is 2.60. The van der Waals surface area contributed by atoms with Crippen LogP contribution in [0.3, 0.4) is 0 Å². The summed E-state index contributed by atoms with van der Waals surface area (Å²) >= 11 is 1.57. The first-order chi connectivity index (χ1) is 11.6. The van der Waals surface area contributed by atoms with Crippen molar-refractivity contribution in [2.45, 2.75) is 6.92 Å². The van der Waals surface area contributed by atoms with Crippen LogP contribution < -0.4 is 0 Å². The van der Waals surface area contributed by atoms with Gasteiger partial charge in [-0.05, 0) is 42.3 Å². The van der Waals surface area contributed by atoms with Gasteiger partial charge in [-0.25, -0.2) is 9.38 Å². The van der Waals surface area contributed by atoms with E-state index in [4.69, 9.17) is 0 Å². The second-order valence-corrected chi connectivity index (χ2v) is 6.47. The zero-order valence-electron chi connectivity index (χ0n) is 13.3. The van der Waals surface area contributed by atoms with Crippen LogP contribution in [0.15, 0.2) is 59.6 Å². The van der Waals surface area contributed by atoms with Crippen LogP contribution in [-0.4, -0.2) is 28.3 Å². The molecule has 3 rings (SSSR count). The second-order valence-electron chi connectivity index (χ2n) is 5.41. The van der Waals surface area contributed by atoms with Crippen molar-refractivity contribution in [2.24, 2.45) is 4.99 Å². The molecule has 1 saturated heterocycles. The first-order valence-electron chi connectivity index (χ1n) is 7.66. The summed E-state index contributed by atoms with van der Waals surface area (Å²) in [6.45, 7) is 2.62. The van der Waals surface area contributed by atoms with Gasteiger partial charge in [-0.2, -0.15) is 0 Å². The standard InChI is InChI=1S/C19H17FN2OS/c1-14-5-2-3-8-17(14)21-19-22(11-12-24-19)18(23)10-9-15-6-4-7-16(20)13-15/h2-10,13H,11-12H2,1H3/b10-9+,21-19?. The average molecular weight is 340 g/mol. The van der Waals surface area contributed by atoms with Crippen LogP contribution in [0.2, 0.25) is 0 Å². The van der Waals surface area contributed by atoms with E-state index in [2.05, 4.69) is 4.99 Å². The van der Waals surface area contributed by atoms with E-state index in [1.54, 1.807) is 34.9 Å². The molecule has 0 bridgehead atoms. The van der Waals surface area contributed by atoms with Gasteiger partial charge in [0.15, 0.2) is 5.17 Å². The van der Waals surface area contributed by atoms with E-state index in [0.29, 0.717) is 17.3 Å². The highest BCUT2D eigenvalue weighted by Crippen LogP contribution is 2.25. The molecule has 1 fully saturated rings. The molecular formula is C19H17FN2OS. The summed E-state index contributed by atoms with van der Waals surface area (Å²) in [5, 5.41) is 0.707. The molecular weight excluding hydrogens is 323 g/mol. The zero-order chi connectivity index (χ0) is 16.9. The fourth-order valence-corrected chi connectivity index (χ4v) is 3.31. The van der Waals surface area contributed by atoms with Crippen LogP contribution in [0.1, 0.15) is 11.1 Å². The number of aryl methyl sites for hydroxylation is 1. The molecule has 0 unspecified atom stereocenters. The summed E-state index contributed by atoms with van der Waals surface area (Å²) in [5.74, 6) is 0.365. The Morgan fingerprint density at radius 3 is 2.88 bits per heavy atom. The Bertz CT molecular complexity index is 817. The molecule has 1 amide bonds. The SMILES string of the molecule is Cc1ccccc1N=C1SCCN1C(=O)/C=C/c1cccc(F)c1. The summed E-state index contributed by atoms with van der Waals surface area (Å²) in [6, 6.07) is 14.0. The number of hydrogen-bond acceptors (Lipinski definition) is 3. The molecule has 1 aliphatic rings. The summed E-state index contributed by atoms with van der Waals surface area (Å²) in [7, 11) is 0. The van der Waals surface area contributed by atoms with Crippen LogP contribution in [0.4, 0.5) is 10.1 Å². The van der Waals surface area contributed by atoms with Crippen LogP contribution in [-0.2, 0) is 4.79 Å². The Kier molecular flexibility index (Phi) is 5.11. The molecule has 122 valence electrons. The number of halogens is 1. The third-order valence-corrected chi connectivity index (χ3v) is 4.60. The number of amidine groups is 1. The van der Waals surface area contributed by atoms with E-state index in [0.717, 1.165) is 17.0 Å². The number of aliphatic imine (C=N–C) groups is 1. The number of hydrogen-bond donors (Lipinski definition) is 0. The van der Waals surface area contributed by atoms with Crippen molar-refractivity contribution in [3.8, 4) is 0 Å². The van der Waals surface area contributed by atoms with E-state index in [9.17, 15) is 9.18 Å². The lowest BCUT2D eigenvalue weighted by atomic mass is 10.2. The minimum Gasteiger partial charge on any atom is -0.287 e. The van der Waals surface area contributed by atoms with E-state index in [1.165, 1.54) is 18.2 Å². The van der Waals surface area contributed by atoms with E-state index < -0.39 is 0 Å². The fraction of sp³-hybridized carbons (Fsp3) is 0.158. The highest BCUT2D eigenvalue weighted by atomic mass is 32.2. The van der Waals surface area contributed by atoms with E-state index in [-0.39, 0.29) is 11.7 Å². The molecule has 1 aliphatic heterocycles. The molecule has 1 heterocycles. The summed E-state index contributed by atoms with van der Waals surface area (Å²) in [4.78, 5) is 18.7. The molecule has 0 atom stereocenters. The Hall–Kier alpha value is -2.40. The molecule has 0 aliphatic carbocycles. The van der Waals surface area contributed by atoms with Gasteiger partial charge >= 0.3 is 0 Å². The third-order valence-electron chi connectivity index (χ3n) is 3.64. The molecule has 5 heteroatoms. The minimum atomic E-state index is -0.317. The smallest absolute Gasteiger partial charge is 0.252 e. The Morgan fingerprint density at radius 2 is 2.08 bits per heavy atom. The molecule has 2 aromatic rings. The lowest BCUT2D eigenvalue weighted by Crippen LogP contribution is -2.30. The maximum atomic E-state index is 13.2. The number of amides is 1. The molecule has 0 aromatic heterocycles. The predicted octanol–water partition coefficient (Wildman–Crippen LogP) is 4.41. The van der Waals surface area contributed by atoms with Crippen molar-refractivity contribution >= 4 is 34.6 Å². The first-order valence-corrected chi connectivity index (χ1v) is 8.64. The maximum Gasteiger partial charge on any atom is 0.252 e. The maximum absolute atomic E-state index is 13.2. The molecule has 0 N–H and O–H groups in total. The van der Waals surface area contributed by atoms with Crippen molar-refractivity contribution in [1.29, 1.82) is 0 Å². The lowest BCUT2D eigenvalue weighted by Gasteiger charge is -2.13. The zero-order valence-corrected chi connectivity index (χ0v) is 14.1. The van der Waals surface area contributed by atoms with Crippen LogP contribution in [0.5, 0.6) is 0 Å². The largest absolute Gasteiger partial charge is 0.287 e. The highest BCUT2D eigenvalue weighted by Gasteiger charge is 2.24. The quantitative estimate of drug-likeness (QED) is 0.775. The number of thioether (sulfide) groups is 1. The Labute approximate surface area is 144 Å². The number of benzene rings is 2. The van der Waals surface area contributed by atoms with Gasteiger partial charge < -0.3 is 0 Å².